The Morgan fingerprint density at radius 2 is 1.81 bits per heavy atom. The van der Waals surface area contributed by atoms with Gasteiger partial charge in [0, 0.05) is 22.4 Å². The molecule has 1 rings (SSSR count). The summed E-state index contributed by atoms with van der Waals surface area (Å²) in [5.74, 6) is -0.365. The maximum atomic E-state index is 12.2. The highest BCUT2D eigenvalue weighted by molar-refractivity contribution is 6.30. The fourth-order valence-corrected chi connectivity index (χ4v) is 2.23. The van der Waals surface area contributed by atoms with Crippen molar-refractivity contribution in [3.05, 3.63) is 34.9 Å². The largest absolute Gasteiger partial charge is 0.466 e. The molecule has 0 N–H and O–H groups in total. The van der Waals surface area contributed by atoms with Crippen molar-refractivity contribution in [2.45, 2.75) is 39.0 Å². The van der Waals surface area contributed by atoms with E-state index < -0.39 is 10.8 Å². The number of hydrogen-bond donors (Lipinski definition) is 0. The van der Waals surface area contributed by atoms with Crippen LogP contribution in [0.5, 0.6) is 0 Å². The second-order valence-corrected chi connectivity index (χ2v) is 6.54. The molecule has 1 aromatic carbocycles. The van der Waals surface area contributed by atoms with Gasteiger partial charge in [-0.1, -0.05) is 25.4 Å². The van der Waals surface area contributed by atoms with Crippen LogP contribution in [0.15, 0.2) is 24.3 Å². The molecule has 0 amide bonds. The Morgan fingerprint density at radius 1 is 1.24 bits per heavy atom. The molecule has 1 atom stereocenters. The molecule has 5 heteroatoms. The van der Waals surface area contributed by atoms with Crippen molar-refractivity contribution in [3.8, 4) is 0 Å². The Bertz CT molecular complexity index is 495. The zero-order valence-electron chi connectivity index (χ0n) is 12.5. The molecule has 0 aliphatic carbocycles. The highest BCUT2D eigenvalue weighted by atomic mass is 35.5. The summed E-state index contributed by atoms with van der Waals surface area (Å²) in [6.07, 6.45) is 0.346. The lowest BCUT2D eigenvalue weighted by Gasteiger charge is -2.28. The van der Waals surface area contributed by atoms with Crippen molar-refractivity contribution >= 4 is 35.0 Å². The lowest BCUT2D eigenvalue weighted by atomic mass is 9.82. The minimum atomic E-state index is -0.518. The normalized spacial score (nSPS) is 12.8. The van der Waals surface area contributed by atoms with Gasteiger partial charge < -0.3 is 4.74 Å². The summed E-state index contributed by atoms with van der Waals surface area (Å²) < 4.78 is 4.93. The lowest BCUT2D eigenvalue weighted by molar-refractivity contribution is -0.145. The molecule has 0 saturated carbocycles. The van der Waals surface area contributed by atoms with Gasteiger partial charge in [0.15, 0.2) is 5.78 Å². The Labute approximate surface area is 135 Å². The van der Waals surface area contributed by atoms with Crippen LogP contribution in [0.2, 0.25) is 5.02 Å². The molecule has 3 nitrogen and oxygen atoms in total. The summed E-state index contributed by atoms with van der Waals surface area (Å²) in [4.78, 5) is 23.8. The molecule has 116 valence electrons. The fourth-order valence-electron chi connectivity index (χ4n) is 1.89. The van der Waals surface area contributed by atoms with Crippen molar-refractivity contribution in [1.82, 2.24) is 0 Å². The van der Waals surface area contributed by atoms with Gasteiger partial charge in [-0.15, -0.1) is 11.6 Å². The van der Waals surface area contributed by atoms with Crippen molar-refractivity contribution < 1.29 is 14.3 Å². The number of ketones is 1. The monoisotopic (exact) mass is 330 g/mol. The first-order chi connectivity index (χ1) is 9.76. The molecule has 0 aromatic heterocycles. The number of alkyl halides is 1. The van der Waals surface area contributed by atoms with Crippen LogP contribution in [0, 0.1) is 5.41 Å². The molecule has 21 heavy (non-hydrogen) atoms. The average molecular weight is 331 g/mol. The number of hydrogen-bond acceptors (Lipinski definition) is 3. The van der Waals surface area contributed by atoms with Gasteiger partial charge in [0.2, 0.25) is 0 Å². The zero-order chi connectivity index (χ0) is 16.0. The van der Waals surface area contributed by atoms with Crippen molar-refractivity contribution in [3.63, 3.8) is 0 Å². The van der Waals surface area contributed by atoms with Crippen LogP contribution >= 0.6 is 23.2 Å². The van der Waals surface area contributed by atoms with E-state index in [1.165, 1.54) is 0 Å². The molecule has 0 aliphatic heterocycles. The minimum Gasteiger partial charge on any atom is -0.466 e. The number of carbonyl (C=O) groups excluding carboxylic acids is 2. The number of esters is 1. The van der Waals surface area contributed by atoms with Gasteiger partial charge in [0.05, 0.1) is 13.0 Å². The predicted octanol–water partition coefficient (Wildman–Crippen LogP) is 4.50. The van der Waals surface area contributed by atoms with E-state index >= 15 is 0 Å². The summed E-state index contributed by atoms with van der Waals surface area (Å²) in [7, 11) is 0. The smallest absolute Gasteiger partial charge is 0.306 e. The SMILES string of the molecule is CCOC(=O)CC(C)(C)C(Cl)CC(=O)c1ccc(Cl)cc1. The third kappa shape index (κ3) is 5.68. The van der Waals surface area contributed by atoms with E-state index in [1.54, 1.807) is 31.2 Å². The highest BCUT2D eigenvalue weighted by Gasteiger charge is 2.32. The van der Waals surface area contributed by atoms with Crippen LogP contribution in [0.25, 0.3) is 0 Å². The molecule has 0 aliphatic rings. The van der Waals surface area contributed by atoms with E-state index in [4.69, 9.17) is 27.9 Å². The van der Waals surface area contributed by atoms with Crippen LogP contribution in [-0.4, -0.2) is 23.7 Å². The summed E-state index contributed by atoms with van der Waals surface area (Å²) >= 11 is 12.1. The molecule has 1 unspecified atom stereocenters. The van der Waals surface area contributed by atoms with Crippen LogP contribution in [-0.2, 0) is 9.53 Å². The molecule has 0 radical (unpaired) electrons. The molecule has 0 heterocycles. The van der Waals surface area contributed by atoms with Gasteiger partial charge in [0.1, 0.15) is 0 Å². The molecular formula is C16H20Cl2O3. The summed E-state index contributed by atoms with van der Waals surface area (Å²) in [6.45, 7) is 5.81. The van der Waals surface area contributed by atoms with Crippen molar-refractivity contribution in [2.75, 3.05) is 6.61 Å². The van der Waals surface area contributed by atoms with E-state index in [9.17, 15) is 9.59 Å². The number of Topliss-reactive ketones (excluding diaryl/α,β-unsaturated/α-hetero) is 1. The van der Waals surface area contributed by atoms with Gasteiger partial charge in [-0.2, -0.15) is 0 Å². The summed E-state index contributed by atoms with van der Waals surface area (Å²) in [5, 5.41) is 0.127. The second kappa shape index (κ2) is 7.81. The van der Waals surface area contributed by atoms with E-state index in [0.29, 0.717) is 17.2 Å². The second-order valence-electron chi connectivity index (χ2n) is 5.57. The number of halogens is 2. The Morgan fingerprint density at radius 3 is 2.33 bits per heavy atom. The fraction of sp³-hybridized carbons (Fsp3) is 0.500. The van der Waals surface area contributed by atoms with Crippen LogP contribution in [0.3, 0.4) is 0 Å². The maximum absolute atomic E-state index is 12.2. The predicted molar refractivity (Wildman–Crippen MR) is 85.1 cm³/mol. The van der Waals surface area contributed by atoms with Gasteiger partial charge in [-0.05, 0) is 36.6 Å². The minimum absolute atomic E-state index is 0.0661. The lowest BCUT2D eigenvalue weighted by Crippen LogP contribution is -2.30. The molecule has 0 saturated heterocycles. The molecule has 1 aromatic rings. The summed E-state index contributed by atoms with van der Waals surface area (Å²) in [5.41, 5.74) is 0.0487. The van der Waals surface area contributed by atoms with Gasteiger partial charge >= 0.3 is 5.97 Å². The molecular weight excluding hydrogens is 311 g/mol. The zero-order valence-corrected chi connectivity index (χ0v) is 14.0. The van der Waals surface area contributed by atoms with Crippen molar-refractivity contribution in [2.24, 2.45) is 5.41 Å². The van der Waals surface area contributed by atoms with Gasteiger partial charge in [-0.3, -0.25) is 9.59 Å². The number of carbonyl (C=O) groups is 2. The summed E-state index contributed by atoms with van der Waals surface area (Å²) in [6, 6.07) is 6.68. The first-order valence-corrected chi connectivity index (χ1v) is 7.66. The van der Waals surface area contributed by atoms with Crippen LogP contribution < -0.4 is 0 Å². The topological polar surface area (TPSA) is 43.4 Å². The number of rotatable bonds is 7. The average Bonchev–Trinajstić information content (AvgIpc) is 2.38. The third-order valence-corrected chi connectivity index (χ3v) is 4.28. The van der Waals surface area contributed by atoms with E-state index in [2.05, 4.69) is 0 Å². The molecule has 0 bridgehead atoms. The van der Waals surface area contributed by atoms with E-state index in [0.717, 1.165) is 0 Å². The van der Waals surface area contributed by atoms with Gasteiger partial charge in [-0.25, -0.2) is 0 Å². The van der Waals surface area contributed by atoms with E-state index in [1.807, 2.05) is 13.8 Å². The standard InChI is InChI=1S/C16H20Cl2O3/c1-4-21-15(20)10-16(2,3)14(18)9-13(19)11-5-7-12(17)8-6-11/h5-8,14H,4,9-10H2,1-3H3. The Hall–Kier alpha value is -1.06. The highest BCUT2D eigenvalue weighted by Crippen LogP contribution is 2.33. The van der Waals surface area contributed by atoms with E-state index in [-0.39, 0.29) is 24.6 Å². The van der Waals surface area contributed by atoms with Crippen LogP contribution in [0.1, 0.15) is 44.0 Å². The first-order valence-electron chi connectivity index (χ1n) is 6.84. The maximum Gasteiger partial charge on any atom is 0.306 e. The number of ether oxygens (including phenoxy) is 1. The Balaban J connectivity index is 2.66. The van der Waals surface area contributed by atoms with Crippen molar-refractivity contribution in [1.29, 1.82) is 0 Å². The number of benzene rings is 1. The first kappa shape index (κ1) is 18.0. The van der Waals surface area contributed by atoms with Gasteiger partial charge in [0.25, 0.3) is 0 Å². The van der Waals surface area contributed by atoms with Crippen LogP contribution in [0.4, 0.5) is 0 Å². The third-order valence-electron chi connectivity index (χ3n) is 3.28. The molecule has 0 fully saturated rings. The quantitative estimate of drug-likeness (QED) is 0.420. The Kier molecular flexibility index (Phi) is 6.69. The molecule has 0 spiro atoms.